The van der Waals surface area contributed by atoms with Gasteiger partial charge in [-0.2, -0.15) is 0 Å². The van der Waals surface area contributed by atoms with E-state index in [-0.39, 0.29) is 16.9 Å². The van der Waals surface area contributed by atoms with Gasteiger partial charge in [0.05, 0.1) is 12.2 Å². The van der Waals surface area contributed by atoms with Crippen molar-refractivity contribution in [2.24, 2.45) is 0 Å². The van der Waals surface area contributed by atoms with Crippen LogP contribution in [0.1, 0.15) is 143 Å². The zero-order valence-corrected chi connectivity index (χ0v) is 24.6. The van der Waals surface area contributed by atoms with E-state index >= 15 is 0 Å². The van der Waals surface area contributed by atoms with Crippen molar-refractivity contribution < 1.29 is 29.6 Å². The Morgan fingerprint density at radius 3 is 1.43 bits per heavy atom. The number of carbonyl (C=O) groups excluding carboxylic acids is 1. The summed E-state index contributed by atoms with van der Waals surface area (Å²) in [4.78, 5) is 22.1. The largest absolute Gasteiger partial charge is 0.872 e. The SMILES string of the molecule is CCCCCCCCCCCCCCCCCCCCOC(=O)c1ccccc1O.O=C(O)c1ccccc1[O-]. The number of carbonyl (C=O) groups is 2. The fourth-order valence-corrected chi connectivity index (χ4v) is 4.54. The maximum absolute atomic E-state index is 11.9. The van der Waals surface area contributed by atoms with E-state index in [9.17, 15) is 19.8 Å². The number of phenolic OH excluding ortho intramolecular Hbond substituents is 1. The van der Waals surface area contributed by atoms with E-state index in [1.165, 1.54) is 133 Å². The van der Waals surface area contributed by atoms with Crippen molar-refractivity contribution in [2.75, 3.05) is 6.61 Å². The minimum absolute atomic E-state index is 0.0136. The highest BCUT2D eigenvalue weighted by molar-refractivity contribution is 5.92. The number of para-hydroxylation sites is 2. The minimum Gasteiger partial charge on any atom is -0.872 e. The highest BCUT2D eigenvalue weighted by Crippen LogP contribution is 2.17. The molecule has 0 aromatic heterocycles. The van der Waals surface area contributed by atoms with Gasteiger partial charge in [-0.3, -0.25) is 0 Å². The average molecular weight is 556 g/mol. The summed E-state index contributed by atoms with van der Waals surface area (Å²) in [6, 6.07) is 12.1. The molecule has 6 heteroatoms. The topological polar surface area (TPSA) is 107 Å². The van der Waals surface area contributed by atoms with Crippen LogP contribution >= 0.6 is 0 Å². The summed E-state index contributed by atoms with van der Waals surface area (Å²) in [6.45, 7) is 2.72. The second-order valence-electron chi connectivity index (χ2n) is 10.5. The van der Waals surface area contributed by atoms with Gasteiger partial charge in [-0.05, 0) is 24.6 Å². The molecule has 0 bridgehead atoms. The Morgan fingerprint density at radius 2 is 1.02 bits per heavy atom. The van der Waals surface area contributed by atoms with Crippen molar-refractivity contribution in [1.82, 2.24) is 0 Å². The van der Waals surface area contributed by atoms with Gasteiger partial charge in [0, 0.05) is 0 Å². The molecule has 2 N–H and O–H groups in total. The van der Waals surface area contributed by atoms with Crippen LogP contribution < -0.4 is 5.11 Å². The Hall–Kier alpha value is -3.02. The molecule has 0 radical (unpaired) electrons. The molecule has 0 amide bonds. The highest BCUT2D eigenvalue weighted by Gasteiger charge is 2.11. The van der Waals surface area contributed by atoms with Gasteiger partial charge in [-0.15, -0.1) is 0 Å². The number of carboxylic acid groups (broad SMARTS) is 1. The van der Waals surface area contributed by atoms with E-state index in [2.05, 4.69) is 6.92 Å². The van der Waals surface area contributed by atoms with E-state index in [0.717, 1.165) is 12.8 Å². The molecule has 0 aliphatic carbocycles. The fourth-order valence-electron chi connectivity index (χ4n) is 4.54. The zero-order valence-electron chi connectivity index (χ0n) is 24.6. The molecule has 0 spiro atoms. The minimum atomic E-state index is -1.18. The predicted molar refractivity (Wildman–Crippen MR) is 160 cm³/mol. The first-order valence-corrected chi connectivity index (χ1v) is 15.4. The van der Waals surface area contributed by atoms with Crippen molar-refractivity contribution in [2.45, 2.75) is 122 Å². The molecule has 0 fully saturated rings. The Balaban J connectivity index is 0.000000667. The number of rotatable bonds is 21. The quantitative estimate of drug-likeness (QED) is 0.117. The van der Waals surface area contributed by atoms with Gasteiger partial charge in [-0.25, -0.2) is 9.59 Å². The van der Waals surface area contributed by atoms with Crippen molar-refractivity contribution in [3.05, 3.63) is 59.7 Å². The molecule has 0 aliphatic rings. The lowest BCUT2D eigenvalue weighted by Gasteiger charge is -2.07. The number of aromatic carboxylic acids is 1. The van der Waals surface area contributed by atoms with Crippen LogP contribution in [-0.2, 0) is 4.74 Å². The number of esters is 1. The Bertz CT molecular complexity index is 926. The first-order chi connectivity index (χ1) is 19.5. The Morgan fingerprint density at radius 1 is 0.625 bits per heavy atom. The monoisotopic (exact) mass is 555 g/mol. The second-order valence-corrected chi connectivity index (χ2v) is 10.5. The maximum Gasteiger partial charge on any atom is 0.341 e. The summed E-state index contributed by atoms with van der Waals surface area (Å²) in [5.74, 6) is -2.07. The van der Waals surface area contributed by atoms with Crippen molar-refractivity contribution in [1.29, 1.82) is 0 Å². The summed E-state index contributed by atoms with van der Waals surface area (Å²) in [6.07, 6.45) is 24.2. The van der Waals surface area contributed by atoms with Gasteiger partial charge in [0.25, 0.3) is 0 Å². The lowest BCUT2D eigenvalue weighted by atomic mass is 10.0. The molecule has 0 unspecified atom stereocenters. The Labute approximate surface area is 241 Å². The van der Waals surface area contributed by atoms with Crippen LogP contribution in [0.25, 0.3) is 0 Å². The molecule has 0 aliphatic heterocycles. The molecule has 0 heterocycles. The number of aromatic hydroxyl groups is 1. The van der Waals surface area contributed by atoms with E-state index in [1.807, 2.05) is 0 Å². The van der Waals surface area contributed by atoms with Crippen molar-refractivity contribution >= 4 is 11.9 Å². The average Bonchev–Trinajstić information content (AvgIpc) is 2.95. The van der Waals surface area contributed by atoms with Gasteiger partial charge >= 0.3 is 11.9 Å². The lowest BCUT2D eigenvalue weighted by Crippen LogP contribution is -2.06. The smallest absolute Gasteiger partial charge is 0.341 e. The highest BCUT2D eigenvalue weighted by atomic mass is 16.5. The number of unbranched alkanes of at least 4 members (excludes halogenated alkanes) is 17. The normalized spacial score (nSPS) is 10.5. The van der Waals surface area contributed by atoms with Crippen molar-refractivity contribution in [3.8, 4) is 11.5 Å². The molecular formula is C34H51O6-. The van der Waals surface area contributed by atoms with Gasteiger partial charge < -0.3 is 20.1 Å². The van der Waals surface area contributed by atoms with Crippen molar-refractivity contribution in [3.63, 3.8) is 0 Å². The van der Waals surface area contributed by atoms with Gasteiger partial charge in [-0.1, -0.05) is 152 Å². The van der Waals surface area contributed by atoms with E-state index < -0.39 is 17.7 Å². The zero-order chi connectivity index (χ0) is 29.3. The molecule has 0 saturated heterocycles. The van der Waals surface area contributed by atoms with Gasteiger partial charge in [0.1, 0.15) is 11.3 Å². The lowest BCUT2D eigenvalue weighted by molar-refractivity contribution is -0.268. The molecule has 224 valence electrons. The summed E-state index contributed by atoms with van der Waals surface area (Å²) < 4.78 is 5.24. The first kappa shape index (κ1) is 35.0. The molecule has 6 nitrogen and oxygen atoms in total. The van der Waals surface area contributed by atoms with Gasteiger partial charge in [0.2, 0.25) is 0 Å². The van der Waals surface area contributed by atoms with E-state index in [0.29, 0.717) is 6.61 Å². The number of carboxylic acids is 1. The molecule has 0 saturated carbocycles. The first-order valence-electron chi connectivity index (χ1n) is 15.4. The number of hydrogen-bond donors (Lipinski definition) is 2. The molecule has 40 heavy (non-hydrogen) atoms. The summed E-state index contributed by atoms with van der Waals surface area (Å²) >= 11 is 0. The standard InChI is InChI=1S/C27H46O3.C7H6O3/c1-2-3-4-5-6-7-8-9-10-11-12-13-14-15-16-17-18-21-24-30-27(29)25-22-19-20-23-26(25)28;8-6-4-2-1-3-5(6)7(9)10/h19-20,22-23,28H,2-18,21,24H2,1H3;1-4,8H,(H,9,10)/p-1. The molecular weight excluding hydrogens is 504 g/mol. The van der Waals surface area contributed by atoms with Crippen LogP contribution in [0.5, 0.6) is 11.5 Å². The number of hydrogen-bond acceptors (Lipinski definition) is 5. The molecule has 2 rings (SSSR count). The number of ether oxygens (including phenoxy) is 1. The van der Waals surface area contributed by atoms with Crippen LogP contribution in [0.2, 0.25) is 0 Å². The summed E-state index contributed by atoms with van der Waals surface area (Å²) in [7, 11) is 0. The van der Waals surface area contributed by atoms with E-state index in [4.69, 9.17) is 9.84 Å². The molecule has 0 atom stereocenters. The number of benzene rings is 2. The van der Waals surface area contributed by atoms with Crippen LogP contribution in [0.4, 0.5) is 0 Å². The second kappa shape index (κ2) is 23.8. The summed E-state index contributed by atoms with van der Waals surface area (Å²) in [5.41, 5.74) is 0.0717. The van der Waals surface area contributed by atoms with E-state index in [1.54, 1.807) is 18.2 Å². The predicted octanol–water partition coefficient (Wildman–Crippen LogP) is 9.05. The third-order valence-electron chi connectivity index (χ3n) is 6.97. The maximum atomic E-state index is 11.9. The number of phenols is 1. The van der Waals surface area contributed by atoms with Crippen LogP contribution in [-0.4, -0.2) is 28.8 Å². The van der Waals surface area contributed by atoms with Crippen LogP contribution in [0.15, 0.2) is 48.5 Å². The van der Waals surface area contributed by atoms with Gasteiger partial charge in [0.15, 0.2) is 0 Å². The fraction of sp³-hybridized carbons (Fsp3) is 0.588. The third kappa shape index (κ3) is 17.5. The van der Waals surface area contributed by atoms with Crippen LogP contribution in [0.3, 0.4) is 0 Å². The molecule has 2 aromatic rings. The summed E-state index contributed by atoms with van der Waals surface area (Å²) in [5, 5.41) is 28.7. The Kier molecular flexibility index (Phi) is 20.9. The van der Waals surface area contributed by atoms with Crippen LogP contribution in [0, 0.1) is 0 Å². The third-order valence-corrected chi connectivity index (χ3v) is 6.97. The molecule has 2 aromatic carbocycles.